The van der Waals surface area contributed by atoms with E-state index in [0.29, 0.717) is 12.2 Å². The van der Waals surface area contributed by atoms with Crippen molar-refractivity contribution < 1.29 is 14.3 Å². The van der Waals surface area contributed by atoms with E-state index in [1.165, 1.54) is 0 Å². The number of nitrogens with zero attached hydrogens (tertiary/aromatic N) is 1. The lowest BCUT2D eigenvalue weighted by Crippen LogP contribution is -2.33. The first-order chi connectivity index (χ1) is 10.6. The average Bonchev–Trinajstić information content (AvgIpc) is 2.55. The summed E-state index contributed by atoms with van der Waals surface area (Å²) in [4.78, 5) is 25.3. The van der Waals surface area contributed by atoms with Gasteiger partial charge in [-0.1, -0.05) is 27.2 Å². The molecular formula is C18H27NO3. The van der Waals surface area contributed by atoms with E-state index in [2.05, 4.69) is 6.92 Å². The van der Waals surface area contributed by atoms with Crippen LogP contribution in [0.2, 0.25) is 0 Å². The van der Waals surface area contributed by atoms with E-state index in [0.717, 1.165) is 43.5 Å². The Morgan fingerprint density at radius 3 is 2.64 bits per heavy atom. The van der Waals surface area contributed by atoms with Gasteiger partial charge in [0, 0.05) is 19.2 Å². The van der Waals surface area contributed by atoms with Crippen molar-refractivity contribution in [3.63, 3.8) is 0 Å². The van der Waals surface area contributed by atoms with Crippen LogP contribution in [0.25, 0.3) is 0 Å². The maximum atomic E-state index is 11.9. The third kappa shape index (κ3) is 4.58. The summed E-state index contributed by atoms with van der Waals surface area (Å²) in [5.74, 6) is -0.231. The number of fused-ring (bicyclic) bond motifs is 1. The zero-order valence-electron chi connectivity index (χ0n) is 14.1. The van der Waals surface area contributed by atoms with Crippen LogP contribution >= 0.6 is 0 Å². The highest BCUT2D eigenvalue weighted by Gasteiger charge is 2.21. The Hall–Kier alpha value is -1.84. The second-order valence-electron chi connectivity index (χ2n) is 5.11. The second-order valence-corrected chi connectivity index (χ2v) is 5.11. The van der Waals surface area contributed by atoms with Crippen LogP contribution in [0.1, 0.15) is 62.9 Å². The van der Waals surface area contributed by atoms with E-state index in [-0.39, 0.29) is 11.9 Å². The van der Waals surface area contributed by atoms with Crippen molar-refractivity contribution in [2.24, 2.45) is 0 Å². The summed E-state index contributed by atoms with van der Waals surface area (Å²) in [5, 5.41) is 0. The molecule has 1 aromatic rings. The fourth-order valence-electron chi connectivity index (χ4n) is 2.44. The maximum Gasteiger partial charge on any atom is 0.338 e. The minimum Gasteiger partial charge on any atom is -0.462 e. The normalized spacial score (nSPS) is 12.8. The van der Waals surface area contributed by atoms with E-state index >= 15 is 0 Å². The topological polar surface area (TPSA) is 46.6 Å². The first kappa shape index (κ1) is 18.2. The zero-order valence-corrected chi connectivity index (χ0v) is 14.1. The number of carbonyl (C=O) groups excluding carboxylic acids is 2. The van der Waals surface area contributed by atoms with E-state index in [4.69, 9.17) is 4.74 Å². The van der Waals surface area contributed by atoms with Gasteiger partial charge >= 0.3 is 5.97 Å². The van der Waals surface area contributed by atoms with Crippen LogP contribution in [-0.4, -0.2) is 25.0 Å². The number of unbranched alkanes of at least 4 members (excludes halogenated alkanes) is 1. The van der Waals surface area contributed by atoms with Crippen molar-refractivity contribution in [1.29, 1.82) is 0 Å². The van der Waals surface area contributed by atoms with Crippen LogP contribution in [0, 0.1) is 0 Å². The van der Waals surface area contributed by atoms with Crippen molar-refractivity contribution in [2.45, 2.75) is 53.4 Å². The van der Waals surface area contributed by atoms with Crippen LogP contribution in [0.5, 0.6) is 0 Å². The lowest BCUT2D eigenvalue weighted by molar-refractivity contribution is -0.116. The summed E-state index contributed by atoms with van der Waals surface area (Å²) in [7, 11) is 0. The Morgan fingerprint density at radius 2 is 2.00 bits per heavy atom. The summed E-state index contributed by atoms with van der Waals surface area (Å²) >= 11 is 0. The number of esters is 1. The molecule has 1 amide bonds. The number of hydrogen-bond acceptors (Lipinski definition) is 3. The minimum atomic E-state index is -0.277. The van der Waals surface area contributed by atoms with Gasteiger partial charge in [-0.25, -0.2) is 4.79 Å². The lowest BCUT2D eigenvalue weighted by atomic mass is 9.99. The fourth-order valence-corrected chi connectivity index (χ4v) is 2.44. The third-order valence-electron chi connectivity index (χ3n) is 3.54. The number of hydrogen-bond donors (Lipinski definition) is 0. The van der Waals surface area contributed by atoms with Gasteiger partial charge in [0.15, 0.2) is 0 Å². The Kier molecular flexibility index (Phi) is 7.64. The number of carbonyl (C=O) groups is 2. The molecule has 0 unspecified atom stereocenters. The van der Waals surface area contributed by atoms with Crippen molar-refractivity contribution >= 4 is 17.6 Å². The van der Waals surface area contributed by atoms with Gasteiger partial charge in [0.2, 0.25) is 5.91 Å². The second kappa shape index (κ2) is 9.23. The number of ether oxygens (including phenoxy) is 1. The molecular weight excluding hydrogens is 278 g/mol. The van der Waals surface area contributed by atoms with Gasteiger partial charge in [-0.15, -0.1) is 0 Å². The molecule has 1 aliphatic rings. The summed E-state index contributed by atoms with van der Waals surface area (Å²) in [6, 6.07) is 5.46. The molecule has 0 radical (unpaired) electrons. The molecule has 4 nitrogen and oxygen atoms in total. The van der Waals surface area contributed by atoms with Crippen molar-refractivity contribution in [1.82, 2.24) is 0 Å². The number of anilines is 1. The van der Waals surface area contributed by atoms with Gasteiger partial charge in [-0.05, 0) is 43.0 Å². The van der Waals surface area contributed by atoms with Crippen LogP contribution in [-0.2, 0) is 16.0 Å². The van der Waals surface area contributed by atoms with E-state index in [1.54, 1.807) is 17.9 Å². The van der Waals surface area contributed by atoms with E-state index < -0.39 is 0 Å². The highest BCUT2D eigenvalue weighted by molar-refractivity contribution is 5.95. The quantitative estimate of drug-likeness (QED) is 0.624. The zero-order chi connectivity index (χ0) is 16.5. The molecule has 0 fully saturated rings. The highest BCUT2D eigenvalue weighted by Crippen LogP contribution is 2.28. The number of rotatable bonds is 4. The number of aryl methyl sites for hydroxylation is 1. The van der Waals surface area contributed by atoms with Crippen LogP contribution in [0.3, 0.4) is 0 Å². The largest absolute Gasteiger partial charge is 0.462 e. The van der Waals surface area contributed by atoms with Crippen molar-refractivity contribution in [3.05, 3.63) is 29.3 Å². The lowest BCUT2D eigenvalue weighted by Gasteiger charge is -2.28. The Bertz CT molecular complexity index is 511. The molecule has 0 aliphatic carbocycles. The molecule has 0 spiro atoms. The average molecular weight is 305 g/mol. The SMILES string of the molecule is CC.CCCCOC(=O)c1ccc2c(c1)CCCN2C(C)=O. The van der Waals surface area contributed by atoms with Gasteiger partial charge in [0.1, 0.15) is 0 Å². The highest BCUT2D eigenvalue weighted by atomic mass is 16.5. The van der Waals surface area contributed by atoms with Gasteiger partial charge in [0.25, 0.3) is 0 Å². The Labute approximate surface area is 133 Å². The van der Waals surface area contributed by atoms with Gasteiger partial charge in [-0.2, -0.15) is 0 Å². The summed E-state index contributed by atoms with van der Waals surface area (Å²) in [5.41, 5.74) is 2.55. The molecule has 122 valence electrons. The van der Waals surface area contributed by atoms with Gasteiger partial charge < -0.3 is 9.64 Å². The third-order valence-corrected chi connectivity index (χ3v) is 3.54. The monoisotopic (exact) mass is 305 g/mol. The minimum absolute atomic E-state index is 0.0456. The van der Waals surface area contributed by atoms with E-state index in [9.17, 15) is 9.59 Å². The van der Waals surface area contributed by atoms with Crippen LogP contribution in [0.4, 0.5) is 5.69 Å². The molecule has 0 saturated heterocycles. The Morgan fingerprint density at radius 1 is 1.27 bits per heavy atom. The molecule has 1 aliphatic heterocycles. The first-order valence-electron chi connectivity index (χ1n) is 8.21. The summed E-state index contributed by atoms with van der Waals surface area (Å²) in [6.07, 6.45) is 3.72. The molecule has 1 aromatic carbocycles. The molecule has 0 aromatic heterocycles. The van der Waals surface area contributed by atoms with Gasteiger partial charge in [0.05, 0.1) is 12.2 Å². The van der Waals surface area contributed by atoms with Crippen LogP contribution in [0.15, 0.2) is 18.2 Å². The van der Waals surface area contributed by atoms with E-state index in [1.807, 2.05) is 26.0 Å². The molecule has 4 heteroatoms. The molecule has 0 N–H and O–H groups in total. The first-order valence-corrected chi connectivity index (χ1v) is 8.21. The fraction of sp³-hybridized carbons (Fsp3) is 0.556. The van der Waals surface area contributed by atoms with Crippen molar-refractivity contribution in [2.75, 3.05) is 18.1 Å². The van der Waals surface area contributed by atoms with Crippen LogP contribution < -0.4 is 4.90 Å². The van der Waals surface area contributed by atoms with Gasteiger partial charge in [-0.3, -0.25) is 4.79 Å². The number of benzene rings is 1. The van der Waals surface area contributed by atoms with Crippen molar-refractivity contribution in [3.8, 4) is 0 Å². The molecule has 0 saturated carbocycles. The molecule has 1 heterocycles. The molecule has 0 atom stereocenters. The Balaban J connectivity index is 0.00000116. The summed E-state index contributed by atoms with van der Waals surface area (Å²) in [6.45, 7) is 8.85. The predicted molar refractivity (Wildman–Crippen MR) is 89.3 cm³/mol. The molecule has 2 rings (SSSR count). The molecule has 22 heavy (non-hydrogen) atoms. The predicted octanol–water partition coefficient (Wildman–Crippen LogP) is 3.97. The smallest absolute Gasteiger partial charge is 0.338 e. The maximum absolute atomic E-state index is 11.9. The number of amides is 1. The molecule has 0 bridgehead atoms. The standard InChI is InChI=1S/C16H21NO3.C2H6/c1-3-4-10-20-16(19)14-7-8-15-13(11-14)6-5-9-17(15)12(2)18;1-2/h7-8,11H,3-6,9-10H2,1-2H3;1-2H3. The summed E-state index contributed by atoms with van der Waals surface area (Å²) < 4.78 is 5.21.